The number of hydrogen-bond donors (Lipinski definition) is 0. The molecule has 5 heteroatoms. The highest BCUT2D eigenvalue weighted by Crippen LogP contribution is 2.16. The molecule has 0 saturated carbocycles. The molecule has 1 unspecified atom stereocenters. The molecule has 14 heavy (non-hydrogen) atoms. The van der Waals surface area contributed by atoms with Crippen molar-refractivity contribution in [1.29, 1.82) is 0 Å². The van der Waals surface area contributed by atoms with Crippen LogP contribution in [-0.4, -0.2) is 20.8 Å². The molecule has 0 bridgehead atoms. The Balaban J connectivity index is 3.12. The minimum atomic E-state index is -2.26. The smallest absolute Gasteiger partial charge is 0.263 e. The number of benzene rings is 1. The summed E-state index contributed by atoms with van der Waals surface area (Å²) in [5.74, 6) is 4.03. The van der Waals surface area contributed by atoms with E-state index in [0.29, 0.717) is 10.6 Å². The summed E-state index contributed by atoms with van der Waals surface area (Å²) < 4.78 is 11.8. The lowest BCUT2D eigenvalue weighted by molar-refractivity contribution is -0.384. The highest BCUT2D eigenvalue weighted by Gasteiger charge is 2.08. The summed E-state index contributed by atoms with van der Waals surface area (Å²) in [4.78, 5) is 10.4. The highest BCUT2D eigenvalue weighted by atomic mass is 32.2. The van der Waals surface area contributed by atoms with E-state index in [4.69, 9.17) is 0 Å². The fraction of sp³-hybridized carbons (Fsp3) is 0.222. The summed E-state index contributed by atoms with van der Waals surface area (Å²) in [5, 5.41) is 10.4. The fourth-order valence-corrected chi connectivity index (χ4v) is 1.95. The molecule has 0 amide bonds. The molecule has 1 rings (SSSR count). The number of rotatable bonds is 3. The summed E-state index contributed by atoms with van der Waals surface area (Å²) in [6, 6.07) is 5.68. The molecule has 1 aromatic rings. The Hall–Kier alpha value is -1.36. The van der Waals surface area contributed by atoms with Gasteiger partial charge in [0.2, 0.25) is 0 Å². The second-order valence-corrected chi connectivity index (χ2v) is 5.52. The third kappa shape index (κ3) is 2.11. The monoisotopic (exact) mass is 213 g/mol. The van der Waals surface area contributed by atoms with Crippen LogP contribution in [0.5, 0.6) is 0 Å². The first-order valence-corrected chi connectivity index (χ1v) is 5.96. The molecule has 0 N–H and O–H groups in total. The summed E-state index contributed by atoms with van der Waals surface area (Å²) in [5.41, 5.74) is 0.0000491. The van der Waals surface area contributed by atoms with Gasteiger partial charge < -0.3 is 0 Å². The van der Waals surface area contributed by atoms with Crippen molar-refractivity contribution >= 4 is 21.1 Å². The maximum absolute atomic E-state index is 11.8. The average Bonchev–Trinajstić information content (AvgIpc) is 2.18. The molecule has 1 atom stereocenters. The minimum Gasteiger partial charge on any atom is -0.263 e. The van der Waals surface area contributed by atoms with Crippen molar-refractivity contribution < 1.29 is 9.13 Å². The van der Waals surface area contributed by atoms with Crippen LogP contribution in [0.3, 0.4) is 0 Å². The SMILES string of the molecule is C=S(=O)(CC)c1ccc([N+](=O)[O-])cc1. The third-order valence-corrected chi connectivity index (χ3v) is 4.01. The quantitative estimate of drug-likeness (QED) is 0.436. The van der Waals surface area contributed by atoms with Crippen LogP contribution in [0.2, 0.25) is 0 Å². The van der Waals surface area contributed by atoms with Gasteiger partial charge in [-0.1, -0.05) is 6.92 Å². The van der Waals surface area contributed by atoms with Gasteiger partial charge >= 0.3 is 0 Å². The van der Waals surface area contributed by atoms with Gasteiger partial charge in [0.05, 0.1) is 4.92 Å². The van der Waals surface area contributed by atoms with Gasteiger partial charge in [0, 0.05) is 22.8 Å². The first-order chi connectivity index (χ1) is 6.47. The second-order valence-electron chi connectivity index (χ2n) is 2.85. The van der Waals surface area contributed by atoms with Gasteiger partial charge in [0.1, 0.15) is 0 Å². The Kier molecular flexibility index (Phi) is 2.90. The van der Waals surface area contributed by atoms with Crippen molar-refractivity contribution in [3.63, 3.8) is 0 Å². The van der Waals surface area contributed by atoms with Gasteiger partial charge in [-0.15, -0.1) is 0 Å². The average molecular weight is 213 g/mol. The standard InChI is InChI=1S/C9H11NO3S/c1-3-14(2,13)9-6-4-8(5-7-9)10(11)12/h4-7H,2-3H2,1H3. The normalized spacial score (nSPS) is 14.6. The van der Waals surface area contributed by atoms with E-state index in [2.05, 4.69) is 5.87 Å². The van der Waals surface area contributed by atoms with Crippen LogP contribution < -0.4 is 0 Å². The van der Waals surface area contributed by atoms with Crippen molar-refractivity contribution in [2.45, 2.75) is 11.8 Å². The van der Waals surface area contributed by atoms with Gasteiger partial charge in [-0.05, 0) is 27.5 Å². The molecule has 0 aliphatic carbocycles. The Labute approximate surface area is 82.7 Å². The predicted molar refractivity (Wildman–Crippen MR) is 57.2 cm³/mol. The molecule has 76 valence electrons. The second kappa shape index (κ2) is 3.79. The van der Waals surface area contributed by atoms with Crippen LogP contribution in [-0.2, 0) is 9.52 Å². The Bertz CT molecular complexity index is 434. The molecular weight excluding hydrogens is 202 g/mol. The van der Waals surface area contributed by atoms with Crippen LogP contribution in [0.25, 0.3) is 0 Å². The number of hydrogen-bond acceptors (Lipinski definition) is 3. The molecule has 0 heterocycles. The number of non-ortho nitro benzene ring substituents is 1. The van der Waals surface area contributed by atoms with Crippen LogP contribution in [0, 0.1) is 10.1 Å². The van der Waals surface area contributed by atoms with Gasteiger partial charge in [0.15, 0.2) is 0 Å². The van der Waals surface area contributed by atoms with Gasteiger partial charge in [-0.2, -0.15) is 0 Å². The van der Waals surface area contributed by atoms with Gasteiger partial charge in [-0.3, -0.25) is 14.3 Å². The van der Waals surface area contributed by atoms with Crippen molar-refractivity contribution in [3.05, 3.63) is 34.4 Å². The van der Waals surface area contributed by atoms with Crippen molar-refractivity contribution in [2.75, 3.05) is 5.75 Å². The summed E-state index contributed by atoms with van der Waals surface area (Å²) in [7, 11) is -2.26. The van der Waals surface area contributed by atoms with Crippen LogP contribution >= 0.6 is 0 Å². The summed E-state index contributed by atoms with van der Waals surface area (Å²) in [6.45, 7) is 1.77. The van der Waals surface area contributed by atoms with Crippen LogP contribution in [0.4, 0.5) is 5.69 Å². The topological polar surface area (TPSA) is 60.2 Å². The Morgan fingerprint density at radius 1 is 1.43 bits per heavy atom. The lowest BCUT2D eigenvalue weighted by Gasteiger charge is -2.04. The molecule has 0 aliphatic rings. The van der Waals surface area contributed by atoms with Crippen molar-refractivity contribution in [3.8, 4) is 0 Å². The molecule has 1 aromatic carbocycles. The Morgan fingerprint density at radius 3 is 2.29 bits per heavy atom. The van der Waals surface area contributed by atoms with E-state index in [-0.39, 0.29) is 5.69 Å². The molecule has 0 aromatic heterocycles. The van der Waals surface area contributed by atoms with Crippen molar-refractivity contribution in [2.24, 2.45) is 0 Å². The zero-order chi connectivity index (χ0) is 10.8. The first kappa shape index (κ1) is 10.7. The van der Waals surface area contributed by atoms with E-state index in [9.17, 15) is 14.3 Å². The first-order valence-electron chi connectivity index (χ1n) is 4.07. The minimum absolute atomic E-state index is 0.0000491. The molecule has 0 fully saturated rings. The van der Waals surface area contributed by atoms with E-state index in [1.807, 2.05) is 0 Å². The fourth-order valence-electron chi connectivity index (χ4n) is 0.983. The van der Waals surface area contributed by atoms with E-state index >= 15 is 0 Å². The van der Waals surface area contributed by atoms with E-state index in [0.717, 1.165) is 0 Å². The molecule has 0 saturated heterocycles. The summed E-state index contributed by atoms with van der Waals surface area (Å²) in [6.07, 6.45) is 0. The maximum Gasteiger partial charge on any atom is 0.269 e. The zero-order valence-corrected chi connectivity index (χ0v) is 8.62. The molecule has 0 radical (unpaired) electrons. The number of nitrogens with zero attached hydrogens (tertiary/aromatic N) is 1. The van der Waals surface area contributed by atoms with Crippen LogP contribution in [0.15, 0.2) is 29.2 Å². The van der Waals surface area contributed by atoms with Crippen LogP contribution in [0.1, 0.15) is 6.92 Å². The van der Waals surface area contributed by atoms with E-state index in [1.54, 1.807) is 6.92 Å². The van der Waals surface area contributed by atoms with Gasteiger partial charge in [-0.25, -0.2) is 0 Å². The molecular formula is C9H11NO3S. The Morgan fingerprint density at radius 2 is 1.93 bits per heavy atom. The summed E-state index contributed by atoms with van der Waals surface area (Å²) >= 11 is 0. The van der Waals surface area contributed by atoms with E-state index in [1.165, 1.54) is 24.3 Å². The predicted octanol–water partition coefficient (Wildman–Crippen LogP) is 1.69. The number of nitro benzene ring substituents is 1. The zero-order valence-electron chi connectivity index (χ0n) is 7.80. The highest BCUT2D eigenvalue weighted by molar-refractivity contribution is 8.00. The molecule has 0 aliphatic heterocycles. The molecule has 0 spiro atoms. The molecule has 4 nitrogen and oxygen atoms in total. The third-order valence-electron chi connectivity index (χ3n) is 1.94. The number of nitro groups is 1. The van der Waals surface area contributed by atoms with Gasteiger partial charge in [0.25, 0.3) is 5.69 Å². The maximum atomic E-state index is 11.8. The lowest BCUT2D eigenvalue weighted by Crippen LogP contribution is -2.03. The largest absolute Gasteiger partial charge is 0.269 e. The lowest BCUT2D eigenvalue weighted by atomic mass is 10.3. The van der Waals surface area contributed by atoms with Crippen molar-refractivity contribution in [1.82, 2.24) is 0 Å². The van der Waals surface area contributed by atoms with E-state index < -0.39 is 14.4 Å².